The number of aromatic amines is 1. The molecule has 1 aliphatic heterocycles. The summed E-state index contributed by atoms with van der Waals surface area (Å²) in [6.07, 6.45) is 4.58. The van der Waals surface area contributed by atoms with Crippen LogP contribution in [0, 0.1) is 0 Å². The second kappa shape index (κ2) is 12.9. The Bertz CT molecular complexity index is 850. The first-order valence-corrected chi connectivity index (χ1v) is 10.7. The van der Waals surface area contributed by atoms with E-state index < -0.39 is 0 Å². The summed E-state index contributed by atoms with van der Waals surface area (Å²) in [7, 11) is 3.21. The molecule has 0 aliphatic carbocycles. The fourth-order valence-corrected chi connectivity index (χ4v) is 3.42. The second-order valence-electron chi connectivity index (χ2n) is 6.67. The second-order valence-corrected chi connectivity index (χ2v) is 7.11. The van der Waals surface area contributed by atoms with Gasteiger partial charge in [-0.15, -0.1) is 0 Å². The van der Waals surface area contributed by atoms with E-state index in [-0.39, 0.29) is 23.8 Å². The van der Waals surface area contributed by atoms with E-state index in [2.05, 4.69) is 15.6 Å². The van der Waals surface area contributed by atoms with Crippen LogP contribution in [0.1, 0.15) is 45.6 Å². The molecule has 30 heavy (non-hydrogen) atoms. The fourth-order valence-electron chi connectivity index (χ4n) is 3.25. The number of amides is 3. The van der Waals surface area contributed by atoms with Crippen LogP contribution >= 0.6 is 11.6 Å². The maximum atomic E-state index is 12.5. The molecule has 0 spiro atoms. The maximum absolute atomic E-state index is 12.5. The van der Waals surface area contributed by atoms with E-state index in [0.29, 0.717) is 24.4 Å². The highest BCUT2D eigenvalue weighted by molar-refractivity contribution is 6.31. The number of fused-ring (bicyclic) bond motifs is 1. The molecular formula is C22H33ClN4O3. The van der Waals surface area contributed by atoms with E-state index in [0.717, 1.165) is 29.3 Å². The molecule has 2 heterocycles. The highest BCUT2D eigenvalue weighted by atomic mass is 35.5. The lowest BCUT2D eigenvalue weighted by atomic mass is 10.1. The Morgan fingerprint density at radius 3 is 2.47 bits per heavy atom. The van der Waals surface area contributed by atoms with Gasteiger partial charge in [0.25, 0.3) is 0 Å². The van der Waals surface area contributed by atoms with Crippen LogP contribution in [0.3, 0.4) is 0 Å². The molecule has 2 aromatic rings. The number of hydrogen-bond acceptors (Lipinski definition) is 3. The lowest BCUT2D eigenvalue weighted by Crippen LogP contribution is -2.44. The van der Waals surface area contributed by atoms with Gasteiger partial charge in [-0.05, 0) is 43.0 Å². The van der Waals surface area contributed by atoms with Crippen LogP contribution in [-0.4, -0.2) is 54.3 Å². The molecule has 7 nitrogen and oxygen atoms in total. The quantitative estimate of drug-likeness (QED) is 0.686. The summed E-state index contributed by atoms with van der Waals surface area (Å²) in [6, 6.07) is 5.37. The van der Waals surface area contributed by atoms with Gasteiger partial charge in [0, 0.05) is 56.1 Å². The summed E-state index contributed by atoms with van der Waals surface area (Å²) < 4.78 is 0. The third-order valence-electron chi connectivity index (χ3n) is 4.81. The molecule has 0 unspecified atom stereocenters. The Balaban J connectivity index is 0.000000565. The first kappa shape index (κ1) is 25.5. The average Bonchev–Trinajstić information content (AvgIpc) is 3.40. The predicted molar refractivity (Wildman–Crippen MR) is 122 cm³/mol. The number of hydrogen-bond donors (Lipinski definition) is 3. The van der Waals surface area contributed by atoms with Crippen LogP contribution in [0.15, 0.2) is 24.4 Å². The Morgan fingerprint density at radius 2 is 1.87 bits per heavy atom. The van der Waals surface area contributed by atoms with Crippen molar-refractivity contribution in [3.63, 3.8) is 0 Å². The number of carbonyl (C=O) groups is 3. The third kappa shape index (κ3) is 7.06. The molecule has 3 rings (SSSR count). The number of nitrogens with one attached hydrogen (secondary N) is 3. The van der Waals surface area contributed by atoms with Crippen molar-refractivity contribution in [1.82, 2.24) is 20.5 Å². The minimum atomic E-state index is -0.315. The van der Waals surface area contributed by atoms with Crippen molar-refractivity contribution in [1.29, 1.82) is 0 Å². The Morgan fingerprint density at radius 1 is 1.20 bits per heavy atom. The van der Waals surface area contributed by atoms with Gasteiger partial charge in [-0.2, -0.15) is 0 Å². The Hall–Kier alpha value is -2.54. The largest absolute Gasteiger partial charge is 0.361 e. The first-order chi connectivity index (χ1) is 14.4. The summed E-state index contributed by atoms with van der Waals surface area (Å²) >= 11 is 6.05. The first-order valence-electron chi connectivity index (χ1n) is 10.3. The van der Waals surface area contributed by atoms with Gasteiger partial charge in [-0.25, -0.2) is 0 Å². The summed E-state index contributed by atoms with van der Waals surface area (Å²) in [5, 5.41) is 6.76. The van der Waals surface area contributed by atoms with E-state index in [1.165, 1.54) is 6.92 Å². The van der Waals surface area contributed by atoms with E-state index in [4.69, 9.17) is 11.6 Å². The number of halogens is 1. The molecule has 1 fully saturated rings. The molecule has 166 valence electrons. The molecule has 0 bridgehead atoms. The monoisotopic (exact) mass is 436 g/mol. The number of nitrogens with zero attached hydrogens (tertiary/aromatic N) is 1. The summed E-state index contributed by atoms with van der Waals surface area (Å²) in [4.78, 5) is 38.9. The summed E-state index contributed by atoms with van der Waals surface area (Å²) in [5.74, 6) is -0.0350. The molecule has 3 amide bonds. The van der Waals surface area contributed by atoms with Gasteiger partial charge in [0.2, 0.25) is 17.7 Å². The molecule has 8 heteroatoms. The van der Waals surface area contributed by atoms with Crippen molar-refractivity contribution in [2.75, 3.05) is 20.6 Å². The van der Waals surface area contributed by atoms with Crippen molar-refractivity contribution in [2.24, 2.45) is 0 Å². The highest BCUT2D eigenvalue weighted by Crippen LogP contribution is 2.24. The topological polar surface area (TPSA) is 94.3 Å². The minimum Gasteiger partial charge on any atom is -0.361 e. The lowest BCUT2D eigenvalue weighted by molar-refractivity contribution is -0.138. The van der Waals surface area contributed by atoms with Crippen LogP contribution in [0.5, 0.6) is 0 Å². The molecule has 0 saturated carbocycles. The number of likely N-dealkylation sites (tertiary alicyclic amines) is 1. The Labute approximate surface area is 183 Å². The fraction of sp³-hybridized carbons (Fsp3) is 0.500. The number of likely N-dealkylation sites (N-methyl/N-ethyl adjacent to an activating group) is 1. The number of aromatic nitrogens is 1. The number of aryl methyl sites for hydroxylation is 1. The van der Waals surface area contributed by atoms with E-state index in [1.54, 1.807) is 19.0 Å². The van der Waals surface area contributed by atoms with Crippen molar-refractivity contribution >= 4 is 40.2 Å². The van der Waals surface area contributed by atoms with Gasteiger partial charge in [0.05, 0.1) is 0 Å². The standard InChI is InChI=1S/C17H20ClN3O2.C3H7NO.C2H6/c1-19-17(23)15-3-2-8-21(15)16(22)7-4-11-10-20-14-6-5-12(18)9-13(11)14;1-3(5)4-2;1-2/h5-6,9-10,15,20H,2-4,7-8H2,1H3,(H,19,23);1-2H3,(H,4,5);1-2H3/t15-;;/m0../s1. The zero-order valence-corrected chi connectivity index (χ0v) is 19.2. The third-order valence-corrected chi connectivity index (χ3v) is 5.05. The van der Waals surface area contributed by atoms with Crippen LogP contribution in [-0.2, 0) is 20.8 Å². The van der Waals surface area contributed by atoms with Gasteiger partial charge in [0.1, 0.15) is 6.04 Å². The maximum Gasteiger partial charge on any atom is 0.242 e. The smallest absolute Gasteiger partial charge is 0.242 e. The minimum absolute atomic E-state index is 0.00463. The van der Waals surface area contributed by atoms with Crippen molar-refractivity contribution in [2.45, 2.75) is 52.5 Å². The van der Waals surface area contributed by atoms with Crippen molar-refractivity contribution in [3.8, 4) is 0 Å². The van der Waals surface area contributed by atoms with Crippen LogP contribution in [0.25, 0.3) is 10.9 Å². The highest BCUT2D eigenvalue weighted by Gasteiger charge is 2.33. The van der Waals surface area contributed by atoms with E-state index >= 15 is 0 Å². The molecule has 1 aliphatic rings. The molecule has 1 aromatic carbocycles. The van der Waals surface area contributed by atoms with Crippen molar-refractivity contribution in [3.05, 3.63) is 35.0 Å². The van der Waals surface area contributed by atoms with Gasteiger partial charge in [0.15, 0.2) is 0 Å². The number of benzene rings is 1. The zero-order valence-electron chi connectivity index (χ0n) is 18.5. The summed E-state index contributed by atoms with van der Waals surface area (Å²) in [5.41, 5.74) is 2.09. The van der Waals surface area contributed by atoms with Gasteiger partial charge < -0.3 is 20.5 Å². The normalized spacial score (nSPS) is 14.9. The van der Waals surface area contributed by atoms with Gasteiger partial charge in [-0.1, -0.05) is 25.4 Å². The SMILES string of the molecule is CC.CNC(=O)[C@@H]1CCCN1C(=O)CCc1c[nH]c2ccc(Cl)cc12.CNC(C)=O. The predicted octanol–water partition coefficient (Wildman–Crippen LogP) is 3.27. The van der Waals surface area contributed by atoms with Crippen LogP contribution in [0.4, 0.5) is 0 Å². The van der Waals surface area contributed by atoms with E-state index in [1.807, 2.05) is 38.2 Å². The lowest BCUT2D eigenvalue weighted by Gasteiger charge is -2.23. The average molecular weight is 437 g/mol. The molecule has 1 atom stereocenters. The number of H-pyrrole nitrogens is 1. The van der Waals surface area contributed by atoms with Gasteiger partial charge in [-0.3, -0.25) is 14.4 Å². The van der Waals surface area contributed by atoms with Crippen LogP contribution in [0.2, 0.25) is 5.02 Å². The number of carbonyl (C=O) groups excluding carboxylic acids is 3. The molecule has 1 aromatic heterocycles. The molecule has 0 radical (unpaired) electrons. The Kier molecular flexibility index (Phi) is 11.0. The van der Waals surface area contributed by atoms with E-state index in [9.17, 15) is 14.4 Å². The molecule has 3 N–H and O–H groups in total. The van der Waals surface area contributed by atoms with Gasteiger partial charge >= 0.3 is 0 Å². The zero-order chi connectivity index (χ0) is 22.7. The van der Waals surface area contributed by atoms with Crippen molar-refractivity contribution < 1.29 is 14.4 Å². The van der Waals surface area contributed by atoms with Crippen LogP contribution < -0.4 is 10.6 Å². The molecule has 1 saturated heterocycles. The number of rotatable bonds is 4. The summed E-state index contributed by atoms with van der Waals surface area (Å²) in [6.45, 7) is 6.14. The molecular weight excluding hydrogens is 404 g/mol.